The highest BCUT2D eigenvalue weighted by Gasteiger charge is 2.05. The average molecular weight is 321 g/mol. The zero-order valence-electron chi connectivity index (χ0n) is 9.63. The number of anilines is 1. The number of benzene rings is 1. The van der Waals surface area contributed by atoms with Gasteiger partial charge in [0.15, 0.2) is 0 Å². The standard InChI is InChI=1S/C12H15BrClNO2/c1-17-11-8-9(5-6-10(11)13)15-12(16)4-2-3-7-14/h5-6,8H,2-4,7H2,1H3,(H,15,16). The summed E-state index contributed by atoms with van der Waals surface area (Å²) in [6.45, 7) is 0. The Morgan fingerprint density at radius 1 is 1.47 bits per heavy atom. The summed E-state index contributed by atoms with van der Waals surface area (Å²) in [6.07, 6.45) is 2.16. The Balaban J connectivity index is 2.53. The van der Waals surface area contributed by atoms with Crippen molar-refractivity contribution >= 4 is 39.1 Å². The zero-order chi connectivity index (χ0) is 12.7. The van der Waals surface area contributed by atoms with Crippen molar-refractivity contribution < 1.29 is 9.53 Å². The van der Waals surface area contributed by atoms with Gasteiger partial charge in [-0.1, -0.05) is 0 Å². The van der Waals surface area contributed by atoms with Crippen molar-refractivity contribution in [1.29, 1.82) is 0 Å². The molecule has 0 saturated heterocycles. The van der Waals surface area contributed by atoms with Gasteiger partial charge in [-0.05, 0) is 40.9 Å². The molecule has 1 aromatic carbocycles. The third kappa shape index (κ3) is 4.96. The first-order valence-corrected chi connectivity index (χ1v) is 6.69. The summed E-state index contributed by atoms with van der Waals surface area (Å²) in [6, 6.07) is 5.45. The van der Waals surface area contributed by atoms with E-state index >= 15 is 0 Å². The summed E-state index contributed by atoms with van der Waals surface area (Å²) >= 11 is 8.90. The first kappa shape index (κ1) is 14.3. The Labute approximate surface area is 115 Å². The molecule has 0 heterocycles. The van der Waals surface area contributed by atoms with Crippen LogP contribution in [0.5, 0.6) is 5.75 Å². The molecule has 0 bridgehead atoms. The van der Waals surface area contributed by atoms with Gasteiger partial charge in [-0.25, -0.2) is 0 Å². The minimum Gasteiger partial charge on any atom is -0.495 e. The van der Waals surface area contributed by atoms with E-state index in [2.05, 4.69) is 21.2 Å². The molecule has 0 unspecified atom stereocenters. The minimum absolute atomic E-state index is 0.000470. The molecular formula is C12H15BrClNO2. The molecular weight excluding hydrogens is 305 g/mol. The predicted molar refractivity (Wildman–Crippen MR) is 73.9 cm³/mol. The normalized spacial score (nSPS) is 10.1. The third-order valence-corrected chi connectivity index (χ3v) is 3.14. The van der Waals surface area contributed by atoms with Gasteiger partial charge in [0.25, 0.3) is 0 Å². The smallest absolute Gasteiger partial charge is 0.224 e. The molecule has 3 nitrogen and oxygen atoms in total. The SMILES string of the molecule is COc1cc(NC(=O)CCCCCl)ccc1Br. The molecule has 0 radical (unpaired) electrons. The van der Waals surface area contributed by atoms with Gasteiger partial charge < -0.3 is 10.1 Å². The van der Waals surface area contributed by atoms with Gasteiger partial charge in [0.2, 0.25) is 5.91 Å². The van der Waals surface area contributed by atoms with Gasteiger partial charge in [0.1, 0.15) is 5.75 Å². The van der Waals surface area contributed by atoms with Crippen LogP contribution in [0.4, 0.5) is 5.69 Å². The maximum absolute atomic E-state index is 11.6. The number of hydrogen-bond acceptors (Lipinski definition) is 2. The molecule has 0 aliphatic rings. The monoisotopic (exact) mass is 319 g/mol. The maximum Gasteiger partial charge on any atom is 0.224 e. The number of unbranched alkanes of at least 4 members (excludes halogenated alkanes) is 1. The maximum atomic E-state index is 11.6. The molecule has 1 N–H and O–H groups in total. The number of alkyl halides is 1. The zero-order valence-corrected chi connectivity index (χ0v) is 12.0. The molecule has 0 spiro atoms. The number of carbonyl (C=O) groups is 1. The van der Waals surface area contributed by atoms with Gasteiger partial charge in [-0.3, -0.25) is 4.79 Å². The quantitative estimate of drug-likeness (QED) is 0.639. The van der Waals surface area contributed by atoms with Crippen LogP contribution < -0.4 is 10.1 Å². The number of carbonyl (C=O) groups excluding carboxylic acids is 1. The molecule has 0 aliphatic carbocycles. The summed E-state index contributed by atoms with van der Waals surface area (Å²) in [5.74, 6) is 1.29. The number of amides is 1. The van der Waals surface area contributed by atoms with E-state index in [1.54, 1.807) is 13.2 Å². The van der Waals surface area contributed by atoms with Crippen LogP contribution in [0.25, 0.3) is 0 Å². The lowest BCUT2D eigenvalue weighted by Gasteiger charge is -2.08. The molecule has 5 heteroatoms. The first-order chi connectivity index (χ1) is 8.17. The molecule has 0 atom stereocenters. The number of halogens is 2. The van der Waals surface area contributed by atoms with Crippen molar-refractivity contribution in [3.05, 3.63) is 22.7 Å². The van der Waals surface area contributed by atoms with Crippen LogP contribution in [0.2, 0.25) is 0 Å². The highest BCUT2D eigenvalue weighted by atomic mass is 79.9. The van der Waals surface area contributed by atoms with Crippen molar-refractivity contribution in [3.8, 4) is 5.75 Å². The summed E-state index contributed by atoms with van der Waals surface area (Å²) in [7, 11) is 1.59. The fourth-order valence-electron chi connectivity index (χ4n) is 1.34. The predicted octanol–water partition coefficient (Wildman–Crippen LogP) is 3.81. The Morgan fingerprint density at radius 2 is 2.24 bits per heavy atom. The highest BCUT2D eigenvalue weighted by Crippen LogP contribution is 2.27. The van der Waals surface area contributed by atoms with Crippen molar-refractivity contribution in [2.75, 3.05) is 18.3 Å². The topological polar surface area (TPSA) is 38.3 Å². The van der Waals surface area contributed by atoms with E-state index in [9.17, 15) is 4.79 Å². The van der Waals surface area contributed by atoms with Gasteiger partial charge in [-0.2, -0.15) is 0 Å². The highest BCUT2D eigenvalue weighted by molar-refractivity contribution is 9.10. The fourth-order valence-corrected chi connectivity index (χ4v) is 1.94. The van der Waals surface area contributed by atoms with Crippen LogP contribution in [0, 0.1) is 0 Å². The molecule has 17 heavy (non-hydrogen) atoms. The molecule has 0 aliphatic heterocycles. The van der Waals surface area contributed by atoms with Gasteiger partial charge in [0, 0.05) is 24.1 Å². The molecule has 0 fully saturated rings. The first-order valence-electron chi connectivity index (χ1n) is 5.36. The van der Waals surface area contributed by atoms with Crippen LogP contribution in [-0.4, -0.2) is 18.9 Å². The van der Waals surface area contributed by atoms with E-state index in [1.165, 1.54) is 0 Å². The third-order valence-electron chi connectivity index (χ3n) is 2.22. The summed E-state index contributed by atoms with van der Waals surface area (Å²) in [4.78, 5) is 11.6. The summed E-state index contributed by atoms with van der Waals surface area (Å²) in [5.41, 5.74) is 0.737. The number of methoxy groups -OCH3 is 1. The van der Waals surface area contributed by atoms with Crippen LogP contribution in [0.3, 0.4) is 0 Å². The largest absolute Gasteiger partial charge is 0.495 e. The average Bonchev–Trinajstić information content (AvgIpc) is 2.32. The van der Waals surface area contributed by atoms with Crippen LogP contribution in [0.1, 0.15) is 19.3 Å². The summed E-state index contributed by atoms with van der Waals surface area (Å²) in [5, 5.41) is 2.82. The van der Waals surface area contributed by atoms with Gasteiger partial charge >= 0.3 is 0 Å². The van der Waals surface area contributed by atoms with Crippen molar-refractivity contribution in [2.45, 2.75) is 19.3 Å². The van der Waals surface area contributed by atoms with E-state index in [0.29, 0.717) is 18.1 Å². The Bertz CT molecular complexity index is 385. The molecule has 1 aromatic rings. The lowest BCUT2D eigenvalue weighted by Crippen LogP contribution is -2.11. The fraction of sp³-hybridized carbons (Fsp3) is 0.417. The second-order valence-corrected chi connectivity index (χ2v) is 4.78. The molecule has 94 valence electrons. The molecule has 0 aromatic heterocycles. The lowest BCUT2D eigenvalue weighted by atomic mass is 10.2. The molecule has 1 rings (SSSR count). The van der Waals surface area contributed by atoms with E-state index in [1.807, 2.05) is 12.1 Å². The van der Waals surface area contributed by atoms with Crippen LogP contribution in [-0.2, 0) is 4.79 Å². The van der Waals surface area contributed by atoms with Gasteiger partial charge in [0.05, 0.1) is 11.6 Å². The van der Waals surface area contributed by atoms with Crippen molar-refractivity contribution in [2.24, 2.45) is 0 Å². The second kappa shape index (κ2) is 7.56. The van der Waals surface area contributed by atoms with Gasteiger partial charge in [-0.15, -0.1) is 11.6 Å². The summed E-state index contributed by atoms with van der Waals surface area (Å²) < 4.78 is 6.01. The number of hydrogen-bond donors (Lipinski definition) is 1. The molecule has 0 saturated carbocycles. The number of rotatable bonds is 6. The molecule has 1 amide bonds. The number of nitrogens with one attached hydrogen (secondary N) is 1. The van der Waals surface area contributed by atoms with E-state index in [0.717, 1.165) is 23.0 Å². The van der Waals surface area contributed by atoms with Crippen molar-refractivity contribution in [1.82, 2.24) is 0 Å². The Hall–Kier alpha value is -0.740. The van der Waals surface area contributed by atoms with Crippen LogP contribution >= 0.6 is 27.5 Å². The van der Waals surface area contributed by atoms with E-state index in [4.69, 9.17) is 16.3 Å². The Morgan fingerprint density at radius 3 is 2.88 bits per heavy atom. The number of ether oxygens (including phenoxy) is 1. The van der Waals surface area contributed by atoms with Crippen molar-refractivity contribution in [3.63, 3.8) is 0 Å². The van der Waals surface area contributed by atoms with E-state index in [-0.39, 0.29) is 5.91 Å². The minimum atomic E-state index is -0.000470. The lowest BCUT2D eigenvalue weighted by molar-refractivity contribution is -0.116. The van der Waals surface area contributed by atoms with E-state index < -0.39 is 0 Å². The second-order valence-electron chi connectivity index (χ2n) is 3.54. The van der Waals surface area contributed by atoms with Crippen LogP contribution in [0.15, 0.2) is 22.7 Å². The Kier molecular flexibility index (Phi) is 6.37.